The maximum atomic E-state index is 14.2. The van der Waals surface area contributed by atoms with Gasteiger partial charge in [0.1, 0.15) is 11.4 Å². The second kappa shape index (κ2) is 9.23. The summed E-state index contributed by atoms with van der Waals surface area (Å²) in [5, 5.41) is 10.9. The molecule has 1 heterocycles. The third-order valence-electron chi connectivity index (χ3n) is 4.13. The van der Waals surface area contributed by atoms with Crippen molar-refractivity contribution in [2.24, 2.45) is 0 Å². The van der Waals surface area contributed by atoms with E-state index < -0.39 is 30.2 Å². The molecule has 2 N–H and O–H groups in total. The molecule has 2 aromatic rings. The fraction of sp³-hybridized carbons (Fsp3) is 0.100. The second-order valence-corrected chi connectivity index (χ2v) is 7.36. The summed E-state index contributed by atoms with van der Waals surface area (Å²) in [5.41, 5.74) is -0.0318. The zero-order valence-corrected chi connectivity index (χ0v) is 18.3. The van der Waals surface area contributed by atoms with Gasteiger partial charge in [-0.2, -0.15) is 0 Å². The van der Waals surface area contributed by atoms with Gasteiger partial charge in [0.2, 0.25) is 0 Å². The van der Waals surface area contributed by atoms with Gasteiger partial charge in [0.05, 0.1) is 12.8 Å². The molecule has 0 unspecified atom stereocenters. The van der Waals surface area contributed by atoms with Crippen LogP contribution in [0, 0.1) is 5.82 Å². The molecular weight excluding hydrogens is 495 g/mol. The summed E-state index contributed by atoms with van der Waals surface area (Å²) in [6.45, 7) is -0.584. The first-order valence-electron chi connectivity index (χ1n) is 8.61. The molecule has 31 heavy (non-hydrogen) atoms. The summed E-state index contributed by atoms with van der Waals surface area (Å²) in [4.78, 5) is 37.1. The van der Waals surface area contributed by atoms with Crippen LogP contribution in [-0.2, 0) is 14.4 Å². The largest absolute Gasteiger partial charge is 0.493 e. The number of amides is 2. The molecular formula is C20H14BrFN2O6S. The lowest BCUT2D eigenvalue weighted by Crippen LogP contribution is -2.54. The molecule has 8 nitrogen and oxygen atoms in total. The molecule has 0 aliphatic carbocycles. The van der Waals surface area contributed by atoms with Gasteiger partial charge in [-0.3, -0.25) is 14.9 Å². The fourth-order valence-corrected chi connectivity index (χ4v) is 3.45. The Morgan fingerprint density at radius 2 is 2.00 bits per heavy atom. The van der Waals surface area contributed by atoms with E-state index in [0.717, 1.165) is 4.90 Å². The van der Waals surface area contributed by atoms with E-state index in [4.69, 9.17) is 26.8 Å². The number of rotatable bonds is 6. The van der Waals surface area contributed by atoms with Crippen molar-refractivity contribution < 1.29 is 33.4 Å². The van der Waals surface area contributed by atoms with Gasteiger partial charge in [-0.25, -0.2) is 14.1 Å². The Morgan fingerprint density at radius 3 is 2.65 bits per heavy atom. The number of aliphatic carboxylic acids is 1. The number of carbonyl (C=O) groups excluding carboxylic acids is 2. The molecule has 1 fully saturated rings. The predicted molar refractivity (Wildman–Crippen MR) is 116 cm³/mol. The van der Waals surface area contributed by atoms with Gasteiger partial charge in [-0.05, 0) is 48.1 Å². The molecule has 0 bridgehead atoms. The molecule has 0 aromatic heterocycles. The number of hydrogen-bond donors (Lipinski definition) is 2. The van der Waals surface area contributed by atoms with Gasteiger partial charge in [0, 0.05) is 4.47 Å². The van der Waals surface area contributed by atoms with Crippen molar-refractivity contribution in [3.05, 3.63) is 57.8 Å². The maximum absolute atomic E-state index is 14.2. The second-order valence-electron chi connectivity index (χ2n) is 6.12. The topological polar surface area (TPSA) is 105 Å². The van der Waals surface area contributed by atoms with Crippen molar-refractivity contribution in [1.29, 1.82) is 0 Å². The number of nitrogens with zero attached hydrogens (tertiary/aromatic N) is 1. The van der Waals surface area contributed by atoms with Crippen LogP contribution in [0.15, 0.2) is 46.4 Å². The molecule has 0 spiro atoms. The molecule has 2 amide bonds. The normalized spacial score (nSPS) is 15.1. The van der Waals surface area contributed by atoms with Crippen molar-refractivity contribution in [2.75, 3.05) is 18.6 Å². The first kappa shape index (κ1) is 22.4. The summed E-state index contributed by atoms with van der Waals surface area (Å²) in [5.74, 6) is -3.08. The van der Waals surface area contributed by atoms with Crippen molar-refractivity contribution in [3.8, 4) is 11.5 Å². The van der Waals surface area contributed by atoms with Crippen LogP contribution in [0.3, 0.4) is 0 Å². The lowest BCUT2D eigenvalue weighted by molar-refractivity contribution is -0.139. The molecule has 0 atom stereocenters. The number of methoxy groups -OCH3 is 1. The zero-order valence-electron chi connectivity index (χ0n) is 15.8. The molecule has 0 saturated carbocycles. The molecule has 1 aliphatic rings. The summed E-state index contributed by atoms with van der Waals surface area (Å²) in [6.07, 6.45) is 1.28. The number of carboxylic acid groups (broad SMARTS) is 1. The number of halogens is 2. The molecule has 160 valence electrons. The van der Waals surface area contributed by atoms with E-state index in [9.17, 15) is 18.8 Å². The van der Waals surface area contributed by atoms with Crippen LogP contribution in [0.25, 0.3) is 6.08 Å². The zero-order chi connectivity index (χ0) is 22.7. The number of benzene rings is 2. The SMILES string of the molecule is COc1cc(/C=C2\C(=O)NC(=S)N(c3ccccc3F)C2=O)c(Br)cc1OCC(=O)O. The monoisotopic (exact) mass is 508 g/mol. The minimum absolute atomic E-state index is 0.0996. The van der Waals surface area contributed by atoms with Gasteiger partial charge < -0.3 is 14.6 Å². The number of carbonyl (C=O) groups is 3. The van der Waals surface area contributed by atoms with E-state index >= 15 is 0 Å². The lowest BCUT2D eigenvalue weighted by atomic mass is 10.1. The highest BCUT2D eigenvalue weighted by Crippen LogP contribution is 2.35. The molecule has 1 saturated heterocycles. The number of ether oxygens (including phenoxy) is 2. The van der Waals surface area contributed by atoms with Crippen molar-refractivity contribution >= 4 is 62.8 Å². The third kappa shape index (κ3) is 4.72. The molecule has 2 aromatic carbocycles. The lowest BCUT2D eigenvalue weighted by Gasteiger charge is -2.29. The Labute approximate surface area is 189 Å². The fourth-order valence-electron chi connectivity index (χ4n) is 2.74. The first-order valence-corrected chi connectivity index (χ1v) is 9.81. The Hall–Kier alpha value is -3.31. The van der Waals surface area contributed by atoms with Crippen LogP contribution in [0.1, 0.15) is 5.56 Å². The van der Waals surface area contributed by atoms with Gasteiger partial charge in [-0.1, -0.05) is 28.1 Å². The Kier molecular flexibility index (Phi) is 6.66. The molecule has 1 aliphatic heterocycles. The van der Waals surface area contributed by atoms with E-state index in [1.54, 1.807) is 0 Å². The highest BCUT2D eigenvalue weighted by molar-refractivity contribution is 9.10. The van der Waals surface area contributed by atoms with Crippen LogP contribution in [0.4, 0.5) is 10.1 Å². The quantitative estimate of drug-likeness (QED) is 0.351. The van der Waals surface area contributed by atoms with E-state index in [0.29, 0.717) is 10.0 Å². The molecule has 0 radical (unpaired) electrons. The van der Waals surface area contributed by atoms with E-state index in [-0.39, 0.29) is 27.9 Å². The minimum atomic E-state index is -1.17. The Morgan fingerprint density at radius 1 is 1.29 bits per heavy atom. The number of carboxylic acids is 1. The molecule has 11 heteroatoms. The standard InChI is InChI=1S/C20H14BrFN2O6S/c1-29-15-7-10(12(21)8-16(15)30-9-17(25)26)6-11-18(27)23-20(31)24(19(11)28)14-5-3-2-4-13(14)22/h2-8H,9H2,1H3,(H,25,26)(H,23,27,31)/b11-6+. The summed E-state index contributed by atoms with van der Waals surface area (Å²) >= 11 is 8.36. The van der Waals surface area contributed by atoms with E-state index in [1.807, 2.05) is 0 Å². The van der Waals surface area contributed by atoms with E-state index in [1.165, 1.54) is 49.6 Å². The predicted octanol–water partition coefficient (Wildman–Crippen LogP) is 2.89. The summed E-state index contributed by atoms with van der Waals surface area (Å²) in [7, 11) is 1.35. The van der Waals surface area contributed by atoms with Crippen LogP contribution in [-0.4, -0.2) is 41.7 Å². The highest BCUT2D eigenvalue weighted by Gasteiger charge is 2.35. The smallest absolute Gasteiger partial charge is 0.341 e. The van der Waals surface area contributed by atoms with Crippen molar-refractivity contribution in [3.63, 3.8) is 0 Å². The first-order chi connectivity index (χ1) is 14.7. The minimum Gasteiger partial charge on any atom is -0.493 e. The van der Waals surface area contributed by atoms with Crippen LogP contribution < -0.4 is 19.7 Å². The number of nitrogens with one attached hydrogen (secondary N) is 1. The summed E-state index contributed by atoms with van der Waals surface area (Å²) in [6, 6.07) is 8.42. The Bertz CT molecular complexity index is 1140. The average molecular weight is 509 g/mol. The number of para-hydroxylation sites is 1. The van der Waals surface area contributed by atoms with Crippen LogP contribution in [0.2, 0.25) is 0 Å². The van der Waals surface area contributed by atoms with Gasteiger partial charge in [0.25, 0.3) is 11.8 Å². The number of anilines is 1. The summed E-state index contributed by atoms with van der Waals surface area (Å²) < 4.78 is 25.0. The van der Waals surface area contributed by atoms with E-state index in [2.05, 4.69) is 21.2 Å². The number of thiocarbonyl (C=S) groups is 1. The van der Waals surface area contributed by atoms with Gasteiger partial charge in [-0.15, -0.1) is 0 Å². The van der Waals surface area contributed by atoms with Crippen LogP contribution >= 0.6 is 28.1 Å². The highest BCUT2D eigenvalue weighted by atomic mass is 79.9. The van der Waals surface area contributed by atoms with Crippen LogP contribution in [0.5, 0.6) is 11.5 Å². The van der Waals surface area contributed by atoms with Crippen molar-refractivity contribution in [1.82, 2.24) is 5.32 Å². The maximum Gasteiger partial charge on any atom is 0.341 e. The van der Waals surface area contributed by atoms with Gasteiger partial charge in [0.15, 0.2) is 23.2 Å². The Balaban J connectivity index is 2.02. The average Bonchev–Trinajstić information content (AvgIpc) is 2.71. The van der Waals surface area contributed by atoms with Gasteiger partial charge >= 0.3 is 5.97 Å². The molecule has 3 rings (SSSR count). The van der Waals surface area contributed by atoms with Crippen molar-refractivity contribution in [2.45, 2.75) is 0 Å². The number of hydrogen-bond acceptors (Lipinski definition) is 6. The third-order valence-corrected chi connectivity index (χ3v) is 5.10.